The normalized spacial score (nSPS) is 24.4. The zero-order valence-corrected chi connectivity index (χ0v) is 11.4. The van der Waals surface area contributed by atoms with Crippen molar-refractivity contribution < 1.29 is 5.11 Å². The molecular weight excluding hydrogens is 196 g/mol. The average molecular weight is 222 g/mol. The van der Waals surface area contributed by atoms with Gasteiger partial charge in [0.15, 0.2) is 0 Å². The number of aliphatic hydroxyl groups excluding tert-OH is 1. The molecule has 92 valence electrons. The minimum atomic E-state index is -0.0380. The lowest BCUT2D eigenvalue weighted by Gasteiger charge is -2.34. The summed E-state index contributed by atoms with van der Waals surface area (Å²) in [6.07, 6.45) is 4.36. The fourth-order valence-electron chi connectivity index (χ4n) is 2.60. The van der Waals surface area contributed by atoms with Crippen LogP contribution in [0.15, 0.2) is 23.8 Å². The second-order valence-electron chi connectivity index (χ2n) is 6.55. The van der Waals surface area contributed by atoms with E-state index in [1.807, 2.05) is 0 Å². The van der Waals surface area contributed by atoms with Crippen LogP contribution in [0, 0.1) is 16.7 Å². The number of aliphatic hydroxyl groups is 1. The first kappa shape index (κ1) is 13.5. The highest BCUT2D eigenvalue weighted by molar-refractivity contribution is 5.25. The van der Waals surface area contributed by atoms with Crippen molar-refractivity contribution in [2.45, 2.75) is 47.5 Å². The van der Waals surface area contributed by atoms with Gasteiger partial charge in [0.2, 0.25) is 0 Å². The molecule has 0 saturated carbocycles. The van der Waals surface area contributed by atoms with Gasteiger partial charge in [-0.1, -0.05) is 51.5 Å². The fourth-order valence-corrected chi connectivity index (χ4v) is 2.60. The smallest absolute Gasteiger partial charge is 0.0485 e. The van der Waals surface area contributed by atoms with Gasteiger partial charge in [0.05, 0.1) is 0 Å². The van der Waals surface area contributed by atoms with Crippen LogP contribution in [0.25, 0.3) is 0 Å². The molecule has 1 aliphatic carbocycles. The number of allylic oxidation sites excluding steroid dienone is 3. The van der Waals surface area contributed by atoms with Crippen molar-refractivity contribution in [1.82, 2.24) is 0 Å². The van der Waals surface area contributed by atoms with Crippen LogP contribution in [0.3, 0.4) is 0 Å². The van der Waals surface area contributed by atoms with Gasteiger partial charge in [0.1, 0.15) is 0 Å². The van der Waals surface area contributed by atoms with Gasteiger partial charge in [0, 0.05) is 6.61 Å². The SMILES string of the molecule is C=C(CC(C)(C)CO)C1CC=C(C)C1(C)C. The quantitative estimate of drug-likeness (QED) is 0.714. The van der Waals surface area contributed by atoms with Crippen molar-refractivity contribution in [1.29, 1.82) is 0 Å². The second-order valence-corrected chi connectivity index (χ2v) is 6.55. The van der Waals surface area contributed by atoms with Crippen molar-refractivity contribution in [3.8, 4) is 0 Å². The molecular formula is C15H26O. The Morgan fingerprint density at radius 1 is 1.56 bits per heavy atom. The molecule has 0 heterocycles. The topological polar surface area (TPSA) is 20.2 Å². The molecule has 1 rings (SSSR count). The summed E-state index contributed by atoms with van der Waals surface area (Å²) in [5.41, 5.74) is 2.96. The summed E-state index contributed by atoms with van der Waals surface area (Å²) in [5.74, 6) is 0.540. The Bertz CT molecular complexity index is 307. The maximum absolute atomic E-state index is 9.31. The fraction of sp³-hybridized carbons (Fsp3) is 0.733. The van der Waals surface area contributed by atoms with E-state index >= 15 is 0 Å². The van der Waals surface area contributed by atoms with Crippen LogP contribution < -0.4 is 0 Å². The van der Waals surface area contributed by atoms with Crippen LogP contribution in [0.4, 0.5) is 0 Å². The van der Waals surface area contributed by atoms with Crippen molar-refractivity contribution in [2.75, 3.05) is 6.61 Å². The van der Waals surface area contributed by atoms with Crippen molar-refractivity contribution in [2.24, 2.45) is 16.7 Å². The zero-order chi connectivity index (χ0) is 12.6. The molecule has 16 heavy (non-hydrogen) atoms. The van der Waals surface area contributed by atoms with Gasteiger partial charge in [-0.2, -0.15) is 0 Å². The van der Waals surface area contributed by atoms with Crippen LogP contribution in [-0.4, -0.2) is 11.7 Å². The predicted octanol–water partition coefficient (Wildman–Crippen LogP) is 3.94. The van der Waals surface area contributed by atoms with E-state index in [1.165, 1.54) is 11.1 Å². The van der Waals surface area contributed by atoms with Gasteiger partial charge in [0.25, 0.3) is 0 Å². The van der Waals surface area contributed by atoms with Gasteiger partial charge < -0.3 is 5.11 Å². The van der Waals surface area contributed by atoms with Crippen LogP contribution in [0.1, 0.15) is 47.5 Å². The Hall–Kier alpha value is -0.560. The molecule has 0 radical (unpaired) electrons. The lowest BCUT2D eigenvalue weighted by molar-refractivity contribution is 0.153. The van der Waals surface area contributed by atoms with Crippen LogP contribution in [0.2, 0.25) is 0 Å². The van der Waals surface area contributed by atoms with E-state index in [4.69, 9.17) is 0 Å². The van der Waals surface area contributed by atoms with Crippen molar-refractivity contribution >= 4 is 0 Å². The summed E-state index contributed by atoms with van der Waals surface area (Å²) in [7, 11) is 0. The Morgan fingerprint density at radius 2 is 2.12 bits per heavy atom. The molecule has 0 spiro atoms. The maximum atomic E-state index is 9.31. The summed E-state index contributed by atoms with van der Waals surface area (Å²) >= 11 is 0. The second kappa shape index (κ2) is 4.37. The molecule has 1 N–H and O–H groups in total. The Morgan fingerprint density at radius 3 is 2.50 bits per heavy atom. The minimum absolute atomic E-state index is 0.0380. The van der Waals surface area contributed by atoms with Gasteiger partial charge in [-0.15, -0.1) is 0 Å². The lowest BCUT2D eigenvalue weighted by Crippen LogP contribution is -2.26. The lowest BCUT2D eigenvalue weighted by atomic mass is 9.71. The summed E-state index contributed by atoms with van der Waals surface area (Å²) in [6, 6.07) is 0. The third-order valence-corrected chi connectivity index (χ3v) is 4.17. The zero-order valence-electron chi connectivity index (χ0n) is 11.4. The Kier molecular flexibility index (Phi) is 3.69. The minimum Gasteiger partial charge on any atom is -0.396 e. The van der Waals surface area contributed by atoms with Crippen molar-refractivity contribution in [3.63, 3.8) is 0 Å². The maximum Gasteiger partial charge on any atom is 0.0485 e. The molecule has 1 unspecified atom stereocenters. The molecule has 0 aliphatic heterocycles. The highest BCUT2D eigenvalue weighted by atomic mass is 16.3. The van der Waals surface area contributed by atoms with Gasteiger partial charge in [-0.3, -0.25) is 0 Å². The number of rotatable bonds is 4. The summed E-state index contributed by atoms with van der Waals surface area (Å²) in [6.45, 7) is 15.5. The van der Waals surface area contributed by atoms with Crippen LogP contribution in [0.5, 0.6) is 0 Å². The van der Waals surface area contributed by atoms with Crippen LogP contribution in [-0.2, 0) is 0 Å². The van der Waals surface area contributed by atoms with E-state index in [9.17, 15) is 5.11 Å². The summed E-state index contributed by atoms with van der Waals surface area (Å²) in [5, 5.41) is 9.31. The molecule has 0 amide bonds. The Labute approximate surface area is 100 Å². The van der Waals surface area contributed by atoms with E-state index < -0.39 is 0 Å². The molecule has 0 saturated heterocycles. The van der Waals surface area contributed by atoms with E-state index in [0.717, 1.165) is 12.8 Å². The molecule has 1 nitrogen and oxygen atoms in total. The molecule has 1 heteroatoms. The molecule has 0 aromatic carbocycles. The van der Waals surface area contributed by atoms with Gasteiger partial charge >= 0.3 is 0 Å². The van der Waals surface area contributed by atoms with Gasteiger partial charge in [-0.05, 0) is 36.5 Å². The largest absolute Gasteiger partial charge is 0.396 e. The highest BCUT2D eigenvalue weighted by Crippen LogP contribution is 2.48. The molecule has 0 aromatic rings. The summed E-state index contributed by atoms with van der Waals surface area (Å²) in [4.78, 5) is 0. The highest BCUT2D eigenvalue weighted by Gasteiger charge is 2.37. The molecule has 0 bridgehead atoms. The van der Waals surface area contributed by atoms with E-state index in [2.05, 4.69) is 47.3 Å². The number of hydrogen-bond acceptors (Lipinski definition) is 1. The average Bonchev–Trinajstić information content (AvgIpc) is 2.41. The first-order valence-electron chi connectivity index (χ1n) is 6.16. The van der Waals surface area contributed by atoms with Crippen molar-refractivity contribution in [3.05, 3.63) is 23.8 Å². The first-order chi connectivity index (χ1) is 7.20. The third kappa shape index (κ3) is 2.57. The van der Waals surface area contributed by atoms with E-state index in [-0.39, 0.29) is 17.4 Å². The van der Waals surface area contributed by atoms with E-state index in [1.54, 1.807) is 0 Å². The molecule has 0 fully saturated rings. The standard InChI is InChI=1S/C15H26O/c1-11(9-14(3,4)10-16)13-8-7-12(2)15(13,5)6/h7,13,16H,1,8-10H2,2-6H3. The number of hydrogen-bond donors (Lipinski definition) is 1. The van der Waals surface area contributed by atoms with E-state index in [0.29, 0.717) is 5.92 Å². The molecule has 1 atom stereocenters. The summed E-state index contributed by atoms with van der Waals surface area (Å²) < 4.78 is 0. The molecule has 1 aliphatic rings. The monoisotopic (exact) mass is 222 g/mol. The third-order valence-electron chi connectivity index (χ3n) is 4.17. The Balaban J connectivity index is 2.72. The predicted molar refractivity (Wildman–Crippen MR) is 70.3 cm³/mol. The van der Waals surface area contributed by atoms with Crippen LogP contribution >= 0.6 is 0 Å². The molecule has 0 aromatic heterocycles. The van der Waals surface area contributed by atoms with Gasteiger partial charge in [-0.25, -0.2) is 0 Å². The first-order valence-corrected chi connectivity index (χ1v) is 6.16.